The molecule has 12 heavy (non-hydrogen) atoms. The minimum Gasteiger partial charge on any atom is -0.307 e. The van der Waals surface area contributed by atoms with Crippen molar-refractivity contribution < 1.29 is 0 Å². The highest BCUT2D eigenvalue weighted by atomic mass is 28.3. The quantitative estimate of drug-likeness (QED) is 0.587. The molecule has 3 nitrogen and oxygen atoms in total. The second-order valence-corrected chi connectivity index (χ2v) is 6.65. The normalized spacial score (nSPS) is 32.5. The topological polar surface area (TPSA) is 9.72 Å². The van der Waals surface area contributed by atoms with E-state index in [9.17, 15) is 0 Å². The second kappa shape index (κ2) is 3.87. The number of rotatable bonds is 3. The zero-order valence-corrected chi connectivity index (χ0v) is 10.1. The van der Waals surface area contributed by atoms with Gasteiger partial charge in [-0.2, -0.15) is 0 Å². The molecular formula is C8H21N3Si. The highest BCUT2D eigenvalue weighted by molar-refractivity contribution is 6.52. The first-order valence-corrected chi connectivity index (χ1v) is 6.36. The summed E-state index contributed by atoms with van der Waals surface area (Å²) in [7, 11) is 3.54. The van der Waals surface area contributed by atoms with E-state index in [1.54, 1.807) is 0 Å². The van der Waals surface area contributed by atoms with Crippen molar-refractivity contribution in [2.45, 2.75) is 26.9 Å². The SMILES string of the molecule is CCN1C(C)N(CC)[SiH]1N(C)C. The minimum absolute atomic E-state index is 0.680. The lowest BCUT2D eigenvalue weighted by atomic mass is 10.5. The van der Waals surface area contributed by atoms with Gasteiger partial charge in [0.05, 0.1) is 6.17 Å². The van der Waals surface area contributed by atoms with Gasteiger partial charge >= 0.3 is 0 Å². The third-order valence-electron chi connectivity index (χ3n) is 2.75. The average molecular weight is 187 g/mol. The molecule has 0 radical (unpaired) electrons. The molecule has 0 saturated carbocycles. The van der Waals surface area contributed by atoms with Crippen LogP contribution in [-0.4, -0.2) is 56.3 Å². The van der Waals surface area contributed by atoms with E-state index in [0.717, 1.165) is 0 Å². The van der Waals surface area contributed by atoms with Crippen LogP contribution in [0, 0.1) is 0 Å². The fraction of sp³-hybridized carbons (Fsp3) is 1.00. The van der Waals surface area contributed by atoms with Crippen molar-refractivity contribution in [2.75, 3.05) is 27.2 Å². The maximum absolute atomic E-state index is 2.63. The summed E-state index contributed by atoms with van der Waals surface area (Å²) >= 11 is 0. The molecule has 0 aromatic carbocycles. The molecule has 4 heteroatoms. The van der Waals surface area contributed by atoms with E-state index < -0.39 is 9.28 Å². The van der Waals surface area contributed by atoms with Gasteiger partial charge in [-0.3, -0.25) is 9.13 Å². The van der Waals surface area contributed by atoms with Crippen LogP contribution in [0.4, 0.5) is 0 Å². The summed E-state index contributed by atoms with van der Waals surface area (Å²) in [6.07, 6.45) is 0.680. The van der Waals surface area contributed by atoms with E-state index in [1.165, 1.54) is 13.1 Å². The molecule has 1 aliphatic rings. The summed E-state index contributed by atoms with van der Waals surface area (Å²) in [6, 6.07) is 0. The molecule has 72 valence electrons. The molecule has 0 N–H and O–H groups in total. The molecule has 1 fully saturated rings. The van der Waals surface area contributed by atoms with Gasteiger partial charge in [0.15, 0.2) is 0 Å². The molecule has 0 aliphatic carbocycles. The molecule has 1 saturated heterocycles. The van der Waals surface area contributed by atoms with Gasteiger partial charge in [0, 0.05) is 0 Å². The third kappa shape index (κ3) is 1.44. The Morgan fingerprint density at radius 3 is 1.83 bits per heavy atom. The fourth-order valence-electron chi connectivity index (χ4n) is 2.15. The predicted molar refractivity (Wildman–Crippen MR) is 55.1 cm³/mol. The summed E-state index contributed by atoms with van der Waals surface area (Å²) in [5, 5.41) is 0. The number of hydrogen-bond donors (Lipinski definition) is 0. The Morgan fingerprint density at radius 2 is 1.58 bits per heavy atom. The molecule has 0 amide bonds. The zero-order valence-electron chi connectivity index (χ0n) is 8.91. The van der Waals surface area contributed by atoms with Gasteiger partial charge in [-0.25, -0.2) is 0 Å². The van der Waals surface area contributed by atoms with Gasteiger partial charge in [-0.1, -0.05) is 13.8 Å². The Hall–Kier alpha value is 0.0969. The van der Waals surface area contributed by atoms with Crippen LogP contribution in [-0.2, 0) is 0 Å². The Kier molecular flexibility index (Phi) is 3.28. The molecule has 0 bridgehead atoms. The summed E-state index contributed by atoms with van der Waals surface area (Å²) in [5.74, 6) is 0. The maximum atomic E-state index is 2.63. The van der Waals surface area contributed by atoms with Crippen LogP contribution in [0.15, 0.2) is 0 Å². The van der Waals surface area contributed by atoms with Gasteiger partial charge in [-0.05, 0) is 34.1 Å². The van der Waals surface area contributed by atoms with Crippen LogP contribution in [0.5, 0.6) is 0 Å². The van der Waals surface area contributed by atoms with E-state index in [0.29, 0.717) is 6.17 Å². The molecule has 0 atom stereocenters. The van der Waals surface area contributed by atoms with Gasteiger partial charge in [0.25, 0.3) is 9.28 Å². The van der Waals surface area contributed by atoms with Crippen LogP contribution in [0.2, 0.25) is 0 Å². The van der Waals surface area contributed by atoms with Crippen LogP contribution < -0.4 is 0 Å². The average Bonchev–Trinajstić information content (AvgIpc) is 2.01. The Morgan fingerprint density at radius 1 is 1.17 bits per heavy atom. The highest BCUT2D eigenvalue weighted by Gasteiger charge is 2.44. The van der Waals surface area contributed by atoms with E-state index >= 15 is 0 Å². The smallest absolute Gasteiger partial charge is 0.274 e. The molecule has 0 aromatic heterocycles. The Balaban J connectivity index is 2.57. The standard InChI is InChI=1S/C8H21N3Si/c1-6-10-8(3)11(7-2)12(10)9(4)5/h8,12H,6-7H2,1-5H3. The lowest BCUT2D eigenvalue weighted by Gasteiger charge is -2.57. The van der Waals surface area contributed by atoms with E-state index in [-0.39, 0.29) is 0 Å². The lowest BCUT2D eigenvalue weighted by Crippen LogP contribution is -2.77. The summed E-state index contributed by atoms with van der Waals surface area (Å²) in [5.41, 5.74) is 0. The van der Waals surface area contributed by atoms with Crippen molar-refractivity contribution >= 4 is 9.28 Å². The predicted octanol–water partition coefficient (Wildman–Crippen LogP) is 0.269. The Labute approximate surface area is 77.8 Å². The largest absolute Gasteiger partial charge is 0.307 e. The molecule has 0 spiro atoms. The second-order valence-electron chi connectivity index (χ2n) is 3.60. The summed E-state index contributed by atoms with van der Waals surface area (Å²) in [6.45, 7) is 9.22. The van der Waals surface area contributed by atoms with E-state index in [2.05, 4.69) is 48.6 Å². The van der Waals surface area contributed by atoms with Gasteiger partial charge in [-0.15, -0.1) is 0 Å². The fourth-order valence-corrected chi connectivity index (χ4v) is 5.26. The zero-order chi connectivity index (χ0) is 9.30. The van der Waals surface area contributed by atoms with Gasteiger partial charge < -0.3 is 4.57 Å². The minimum atomic E-state index is -0.862. The highest BCUT2D eigenvalue weighted by Crippen LogP contribution is 2.22. The molecule has 1 rings (SSSR count). The van der Waals surface area contributed by atoms with E-state index in [4.69, 9.17) is 0 Å². The summed E-state index contributed by atoms with van der Waals surface area (Å²) < 4.78 is 7.67. The van der Waals surface area contributed by atoms with Gasteiger partial charge in [0.1, 0.15) is 0 Å². The van der Waals surface area contributed by atoms with Crippen molar-refractivity contribution in [1.29, 1.82) is 0 Å². The molecule has 0 aromatic rings. The molecule has 0 unspecified atom stereocenters. The Bertz CT molecular complexity index is 139. The van der Waals surface area contributed by atoms with Crippen molar-refractivity contribution in [3.63, 3.8) is 0 Å². The van der Waals surface area contributed by atoms with Crippen LogP contribution in [0.25, 0.3) is 0 Å². The van der Waals surface area contributed by atoms with Crippen molar-refractivity contribution in [2.24, 2.45) is 0 Å². The molecule has 1 aliphatic heterocycles. The van der Waals surface area contributed by atoms with Gasteiger partial charge in [0.2, 0.25) is 0 Å². The van der Waals surface area contributed by atoms with Crippen LogP contribution >= 0.6 is 0 Å². The number of hydrogen-bond acceptors (Lipinski definition) is 3. The number of nitrogens with zero attached hydrogens (tertiary/aromatic N) is 3. The van der Waals surface area contributed by atoms with Crippen molar-refractivity contribution in [1.82, 2.24) is 13.7 Å². The van der Waals surface area contributed by atoms with Crippen molar-refractivity contribution in [3.8, 4) is 0 Å². The first-order chi connectivity index (χ1) is 5.63. The van der Waals surface area contributed by atoms with Crippen molar-refractivity contribution in [3.05, 3.63) is 0 Å². The maximum Gasteiger partial charge on any atom is 0.274 e. The summed E-state index contributed by atoms with van der Waals surface area (Å²) in [4.78, 5) is 0. The molecular weight excluding hydrogens is 166 g/mol. The third-order valence-corrected chi connectivity index (χ3v) is 6.45. The van der Waals surface area contributed by atoms with Crippen LogP contribution in [0.1, 0.15) is 20.8 Å². The first kappa shape index (κ1) is 10.2. The first-order valence-electron chi connectivity index (χ1n) is 4.81. The molecule has 1 heterocycles. The van der Waals surface area contributed by atoms with E-state index in [1.807, 2.05) is 0 Å². The monoisotopic (exact) mass is 187 g/mol. The van der Waals surface area contributed by atoms with Crippen LogP contribution in [0.3, 0.4) is 0 Å². The lowest BCUT2D eigenvalue weighted by molar-refractivity contribution is 0.0793.